The van der Waals surface area contributed by atoms with Gasteiger partial charge in [-0.15, -0.1) is 0 Å². The number of nitrogens with zero attached hydrogens (tertiary/aromatic N) is 2. The molecule has 0 radical (unpaired) electrons. The van der Waals surface area contributed by atoms with E-state index < -0.39 is 11.7 Å². The van der Waals surface area contributed by atoms with Crippen molar-refractivity contribution in [2.75, 3.05) is 18.0 Å². The van der Waals surface area contributed by atoms with Crippen molar-refractivity contribution in [3.8, 4) is 11.3 Å². The Kier molecular flexibility index (Phi) is 6.98. The second kappa shape index (κ2) is 10.1. The number of nitrogen functional groups attached to an aromatic ring is 1. The van der Waals surface area contributed by atoms with Gasteiger partial charge in [-0.3, -0.25) is 10.2 Å². The minimum atomic E-state index is -0.655. The van der Waals surface area contributed by atoms with Crippen LogP contribution in [0, 0.1) is 5.82 Å². The molecule has 0 bridgehead atoms. The average Bonchev–Trinajstić information content (AvgIpc) is 3.62. The summed E-state index contributed by atoms with van der Waals surface area (Å²) in [6, 6.07) is 9.91. The quantitative estimate of drug-likeness (QED) is 0.245. The molecule has 3 aromatic rings. The predicted molar refractivity (Wildman–Crippen MR) is 132 cm³/mol. The first-order valence-corrected chi connectivity index (χ1v) is 12.3. The van der Waals surface area contributed by atoms with Crippen molar-refractivity contribution < 1.29 is 18.4 Å². The van der Waals surface area contributed by atoms with Gasteiger partial charge in [0, 0.05) is 35.8 Å². The first-order chi connectivity index (χ1) is 17.0. The fourth-order valence-electron chi connectivity index (χ4n) is 4.49. The molecule has 1 aliphatic heterocycles. The summed E-state index contributed by atoms with van der Waals surface area (Å²) < 4.78 is 26.4. The number of nitrogens with one attached hydrogen (secondary N) is 1. The maximum absolute atomic E-state index is 14.3. The zero-order valence-corrected chi connectivity index (χ0v) is 20.4. The van der Waals surface area contributed by atoms with Crippen molar-refractivity contribution >= 4 is 34.8 Å². The molecule has 1 saturated carbocycles. The largest absolute Gasteiger partial charge is 0.373 e. The third-order valence-electron chi connectivity index (χ3n) is 6.57. The molecule has 0 atom stereocenters. The van der Waals surface area contributed by atoms with Gasteiger partial charge in [0.1, 0.15) is 17.3 Å². The molecule has 1 aliphatic carbocycles. The Morgan fingerprint density at radius 2 is 1.89 bits per heavy atom. The minimum Gasteiger partial charge on any atom is -0.373 e. The number of aromatic nitrogens is 1. The molecule has 35 heavy (non-hydrogen) atoms. The van der Waals surface area contributed by atoms with Gasteiger partial charge < -0.3 is 14.2 Å². The number of rotatable bonds is 7. The minimum absolute atomic E-state index is 0.0370. The second-order valence-electron chi connectivity index (χ2n) is 8.88. The van der Waals surface area contributed by atoms with E-state index in [1.54, 1.807) is 24.3 Å². The van der Waals surface area contributed by atoms with E-state index in [0.717, 1.165) is 42.7 Å². The van der Waals surface area contributed by atoms with E-state index in [0.29, 0.717) is 46.9 Å². The highest BCUT2D eigenvalue weighted by Gasteiger charge is 2.34. The lowest BCUT2D eigenvalue weighted by atomic mass is 10.0. The molecule has 1 saturated heterocycles. The van der Waals surface area contributed by atoms with E-state index >= 15 is 0 Å². The number of hydrogen-bond donors (Lipinski definition) is 2. The van der Waals surface area contributed by atoms with Crippen LogP contribution in [0.15, 0.2) is 40.9 Å². The van der Waals surface area contributed by atoms with Gasteiger partial charge in [-0.1, -0.05) is 34.4 Å². The maximum atomic E-state index is 14.3. The van der Waals surface area contributed by atoms with Crippen LogP contribution < -0.4 is 16.2 Å². The first kappa shape index (κ1) is 24.1. The normalized spacial score (nSPS) is 16.5. The van der Waals surface area contributed by atoms with Crippen LogP contribution in [-0.4, -0.2) is 30.3 Å². The Hall–Kier alpha value is -2.65. The van der Waals surface area contributed by atoms with E-state index in [9.17, 15) is 9.18 Å². The summed E-state index contributed by atoms with van der Waals surface area (Å²) in [7, 11) is 0. The third kappa shape index (κ3) is 5.02. The zero-order valence-electron chi connectivity index (χ0n) is 18.9. The first-order valence-electron chi connectivity index (χ1n) is 11.6. The standard InChI is InChI=1S/C25H25Cl2FN4O3/c26-19-2-1-3-20(27)22(19)23-18(24(35-31-23)14-4-5-14)13-34-16-8-10-32(11-9-16)15-6-7-17(21(28)12-15)25(33)30-29/h1-3,6-7,12,14,16H,4-5,8-11,13,29H2,(H,30,33). The number of anilines is 1. The van der Waals surface area contributed by atoms with Crippen molar-refractivity contribution in [1.29, 1.82) is 0 Å². The maximum Gasteiger partial charge on any atom is 0.268 e. The van der Waals surface area contributed by atoms with Crippen LogP contribution in [0.25, 0.3) is 11.3 Å². The molecule has 1 amide bonds. The van der Waals surface area contributed by atoms with Gasteiger partial charge in [-0.05, 0) is 56.0 Å². The number of hydrazine groups is 1. The van der Waals surface area contributed by atoms with Crippen LogP contribution in [-0.2, 0) is 11.3 Å². The van der Waals surface area contributed by atoms with Crippen LogP contribution >= 0.6 is 23.2 Å². The van der Waals surface area contributed by atoms with Crippen LogP contribution in [0.2, 0.25) is 10.0 Å². The Labute approximate surface area is 212 Å². The van der Waals surface area contributed by atoms with Crippen LogP contribution in [0.3, 0.4) is 0 Å². The highest BCUT2D eigenvalue weighted by Crippen LogP contribution is 2.46. The number of amides is 1. The molecule has 0 spiro atoms. The molecular formula is C25H25Cl2FN4O3. The predicted octanol–water partition coefficient (Wildman–Crippen LogP) is 5.45. The van der Waals surface area contributed by atoms with Gasteiger partial charge in [0.05, 0.1) is 28.3 Å². The van der Waals surface area contributed by atoms with Crippen LogP contribution in [0.1, 0.15) is 53.3 Å². The summed E-state index contributed by atoms with van der Waals surface area (Å²) in [5.41, 5.74) is 4.80. The number of carbonyl (C=O) groups is 1. The number of halogens is 3. The van der Waals surface area contributed by atoms with Gasteiger partial charge in [-0.2, -0.15) is 0 Å². The molecular weight excluding hydrogens is 494 g/mol. The lowest BCUT2D eigenvalue weighted by Gasteiger charge is -2.33. The Balaban J connectivity index is 1.25. The number of nitrogens with two attached hydrogens (primary N) is 1. The lowest BCUT2D eigenvalue weighted by Crippen LogP contribution is -2.37. The molecule has 7 nitrogen and oxygen atoms in total. The summed E-state index contributed by atoms with van der Waals surface area (Å²) in [4.78, 5) is 13.7. The van der Waals surface area contributed by atoms with Crippen LogP contribution in [0.4, 0.5) is 10.1 Å². The van der Waals surface area contributed by atoms with Gasteiger partial charge >= 0.3 is 0 Å². The SMILES string of the molecule is NNC(=O)c1ccc(N2CCC(OCc3c(-c4c(Cl)cccc4Cl)noc3C3CC3)CC2)cc1F. The van der Waals surface area contributed by atoms with Gasteiger partial charge in [0.2, 0.25) is 0 Å². The number of benzene rings is 2. The average molecular weight is 519 g/mol. The summed E-state index contributed by atoms with van der Waals surface area (Å²) in [6.07, 6.45) is 3.73. The summed E-state index contributed by atoms with van der Waals surface area (Å²) in [5.74, 6) is 5.06. The van der Waals surface area contributed by atoms with E-state index in [2.05, 4.69) is 10.1 Å². The van der Waals surface area contributed by atoms with Crippen molar-refractivity contribution in [3.05, 3.63) is 69.1 Å². The molecule has 2 fully saturated rings. The number of ether oxygens (including phenoxy) is 1. The number of carbonyl (C=O) groups excluding carboxylic acids is 1. The van der Waals surface area contributed by atoms with Crippen molar-refractivity contribution in [2.24, 2.45) is 5.84 Å². The fourth-order valence-corrected chi connectivity index (χ4v) is 5.07. The second-order valence-corrected chi connectivity index (χ2v) is 9.69. The van der Waals surface area contributed by atoms with Gasteiger partial charge in [0.25, 0.3) is 5.91 Å². The Morgan fingerprint density at radius 3 is 2.51 bits per heavy atom. The van der Waals surface area contributed by atoms with E-state index in [1.807, 2.05) is 5.43 Å². The molecule has 5 rings (SSSR count). The molecule has 2 aromatic carbocycles. The van der Waals surface area contributed by atoms with E-state index in [4.69, 9.17) is 38.3 Å². The number of hydrogen-bond acceptors (Lipinski definition) is 6. The molecule has 3 N–H and O–H groups in total. The smallest absolute Gasteiger partial charge is 0.268 e. The highest BCUT2D eigenvalue weighted by molar-refractivity contribution is 6.39. The van der Waals surface area contributed by atoms with Gasteiger partial charge in [-0.25, -0.2) is 10.2 Å². The molecule has 184 valence electrons. The molecule has 10 heteroatoms. The van der Waals surface area contributed by atoms with E-state index in [-0.39, 0.29) is 11.7 Å². The monoisotopic (exact) mass is 518 g/mol. The molecule has 2 heterocycles. The summed E-state index contributed by atoms with van der Waals surface area (Å²) in [6.45, 7) is 1.76. The van der Waals surface area contributed by atoms with Crippen LogP contribution in [0.5, 0.6) is 0 Å². The van der Waals surface area contributed by atoms with Gasteiger partial charge in [0.15, 0.2) is 0 Å². The summed E-state index contributed by atoms with van der Waals surface area (Å²) >= 11 is 12.9. The lowest BCUT2D eigenvalue weighted by molar-refractivity contribution is 0.0246. The third-order valence-corrected chi connectivity index (χ3v) is 7.20. The highest BCUT2D eigenvalue weighted by atomic mass is 35.5. The van der Waals surface area contributed by atoms with Crippen molar-refractivity contribution in [2.45, 2.75) is 44.3 Å². The molecule has 0 unspecified atom stereocenters. The molecule has 2 aliphatic rings. The Bertz CT molecular complexity index is 1220. The van der Waals surface area contributed by atoms with E-state index in [1.165, 1.54) is 12.1 Å². The Morgan fingerprint density at radius 1 is 1.17 bits per heavy atom. The summed E-state index contributed by atoms with van der Waals surface area (Å²) in [5, 5.41) is 5.35. The topological polar surface area (TPSA) is 93.6 Å². The van der Waals surface area contributed by atoms with Crippen molar-refractivity contribution in [1.82, 2.24) is 10.6 Å². The fraction of sp³-hybridized carbons (Fsp3) is 0.360. The van der Waals surface area contributed by atoms with Crippen molar-refractivity contribution in [3.63, 3.8) is 0 Å². The molecule has 1 aromatic heterocycles. The number of piperidine rings is 1. The zero-order chi connectivity index (χ0) is 24.5.